The molecule has 0 nitrogen and oxygen atoms in total. The van der Waals surface area contributed by atoms with E-state index in [1.807, 2.05) is 0 Å². The Balaban J connectivity index is 0.000000117. The van der Waals surface area contributed by atoms with E-state index in [1.165, 1.54) is 82.0 Å². The third kappa shape index (κ3) is 5.90. The quantitative estimate of drug-likeness (QED) is 0.183. The van der Waals surface area contributed by atoms with E-state index in [-0.39, 0.29) is 0 Å². The first-order valence-electron chi connectivity index (χ1n) is 13.0. The van der Waals surface area contributed by atoms with Gasteiger partial charge in [0.2, 0.25) is 0 Å². The Labute approximate surface area is 240 Å². The fraction of sp³-hybridized carbons (Fsp3) is 0.0541. The van der Waals surface area contributed by atoms with E-state index >= 15 is 0 Å². The van der Waals surface area contributed by atoms with Crippen molar-refractivity contribution in [3.8, 4) is 0 Å². The maximum absolute atomic E-state index is 2.24. The summed E-state index contributed by atoms with van der Waals surface area (Å²) in [6.07, 6.45) is 0. The van der Waals surface area contributed by atoms with Crippen LogP contribution in [-0.2, 0) is 24.2 Å². The van der Waals surface area contributed by atoms with Crippen molar-refractivity contribution in [1.82, 2.24) is 0 Å². The number of fused-ring (bicyclic) bond motifs is 4. The van der Waals surface area contributed by atoms with Gasteiger partial charge in [-0.05, 0) is 13.8 Å². The maximum Gasteiger partial charge on any atom is -0.0771 e. The molecule has 0 radical (unpaired) electrons. The number of benzene rings is 5. The van der Waals surface area contributed by atoms with E-state index < -0.39 is 0 Å². The zero-order valence-electron chi connectivity index (χ0n) is 21.9. The van der Waals surface area contributed by atoms with Crippen molar-refractivity contribution in [2.45, 2.75) is 13.8 Å². The maximum atomic E-state index is 2.24. The Kier molecular flexibility index (Phi) is 8.37. The molecule has 0 aliphatic rings. The minimum atomic E-state index is 1.33. The molecule has 0 spiro atoms. The predicted octanol–water partition coefficient (Wildman–Crippen LogP) is 9.69. The molecule has 0 fully saturated rings. The Bertz CT molecular complexity index is 1690. The summed E-state index contributed by atoms with van der Waals surface area (Å²) < 4.78 is 1.42. The molecule has 0 aromatic heterocycles. The van der Waals surface area contributed by atoms with Gasteiger partial charge < -0.3 is 0 Å². The molecule has 0 saturated heterocycles. The largest absolute Gasteiger partial charge is 0.126 e. The van der Waals surface area contributed by atoms with Crippen LogP contribution in [0.15, 0.2) is 146 Å². The van der Waals surface area contributed by atoms with Gasteiger partial charge in [0, 0.05) is 0 Å². The fourth-order valence-electron chi connectivity index (χ4n) is 4.75. The molecule has 0 unspecified atom stereocenters. The molecule has 7 rings (SSSR count). The van der Waals surface area contributed by atoms with E-state index in [1.54, 1.807) is 0 Å². The normalized spacial score (nSPS) is 10.5. The SMILES string of the molecule is Cc1ccc2[cH-]ccc2c1C.[Zr+2]=[C](c1ccccc1)c1ccccc1.c1ccc2c(c1)[cH-]c1ccccc12. The molecule has 0 heterocycles. The molecule has 0 saturated carbocycles. The first kappa shape index (κ1) is 26.0. The molecule has 0 N–H and O–H groups in total. The smallest absolute Gasteiger partial charge is 0.0771 e. The molecule has 182 valence electrons. The van der Waals surface area contributed by atoms with E-state index in [0.717, 1.165) is 0 Å². The second-order valence-electron chi connectivity index (χ2n) is 9.46. The van der Waals surface area contributed by atoms with Crippen LogP contribution in [0.5, 0.6) is 0 Å². The van der Waals surface area contributed by atoms with Gasteiger partial charge in [-0.2, -0.15) is 12.1 Å². The van der Waals surface area contributed by atoms with Crippen molar-refractivity contribution in [3.63, 3.8) is 0 Å². The molecule has 0 aliphatic carbocycles. The monoisotopic (exact) mass is 564 g/mol. The number of hydrogen-bond acceptors (Lipinski definition) is 0. The van der Waals surface area contributed by atoms with Gasteiger partial charge >= 0.3 is 99.2 Å². The molecular formula is C37H30Zr. The van der Waals surface area contributed by atoms with Crippen LogP contribution in [-0.4, -0.2) is 3.21 Å². The minimum Gasteiger partial charge on any atom is -0.126 e. The summed E-state index contributed by atoms with van der Waals surface area (Å²) >= 11 is 1.46. The summed E-state index contributed by atoms with van der Waals surface area (Å²) in [7, 11) is 0. The molecule has 0 aliphatic heterocycles. The topological polar surface area (TPSA) is 0 Å². The van der Waals surface area contributed by atoms with E-state index in [9.17, 15) is 0 Å². The minimum absolute atomic E-state index is 1.33. The van der Waals surface area contributed by atoms with Crippen LogP contribution in [0, 0.1) is 13.8 Å². The van der Waals surface area contributed by atoms with Gasteiger partial charge in [-0.15, -0.1) is 68.7 Å². The van der Waals surface area contributed by atoms with E-state index in [0.29, 0.717) is 0 Å². The summed E-state index contributed by atoms with van der Waals surface area (Å²) in [5.74, 6) is 0. The Morgan fingerprint density at radius 2 is 1.00 bits per heavy atom. The summed E-state index contributed by atoms with van der Waals surface area (Å²) in [5.41, 5.74) is 5.45. The third-order valence-electron chi connectivity index (χ3n) is 7.01. The molecule has 0 bridgehead atoms. The number of rotatable bonds is 2. The van der Waals surface area contributed by atoms with Gasteiger partial charge in [-0.3, -0.25) is 0 Å². The molecule has 0 atom stereocenters. The van der Waals surface area contributed by atoms with Gasteiger partial charge in [0.05, 0.1) is 0 Å². The molecule has 7 aromatic carbocycles. The average molecular weight is 566 g/mol. The van der Waals surface area contributed by atoms with Crippen molar-refractivity contribution >= 4 is 35.5 Å². The Hall–Kier alpha value is -3.67. The number of aryl methyl sites for hydroxylation is 2. The van der Waals surface area contributed by atoms with Crippen LogP contribution in [0.1, 0.15) is 22.3 Å². The van der Waals surface area contributed by atoms with Crippen LogP contribution in [0.4, 0.5) is 0 Å². The second kappa shape index (κ2) is 12.3. The predicted molar refractivity (Wildman–Crippen MR) is 162 cm³/mol. The van der Waals surface area contributed by atoms with Crippen LogP contribution < -0.4 is 0 Å². The molecule has 0 amide bonds. The fourth-order valence-corrected chi connectivity index (χ4v) is 5.57. The molecular weight excluding hydrogens is 536 g/mol. The summed E-state index contributed by atoms with van der Waals surface area (Å²) in [4.78, 5) is 0. The van der Waals surface area contributed by atoms with E-state index in [2.05, 4.69) is 159 Å². The number of hydrogen-bond donors (Lipinski definition) is 0. The zero-order chi connectivity index (χ0) is 26.3. The van der Waals surface area contributed by atoms with Crippen molar-refractivity contribution in [1.29, 1.82) is 0 Å². The van der Waals surface area contributed by atoms with Crippen LogP contribution in [0.3, 0.4) is 0 Å². The van der Waals surface area contributed by atoms with Crippen LogP contribution in [0.2, 0.25) is 0 Å². The van der Waals surface area contributed by atoms with Gasteiger partial charge in [-0.25, -0.2) is 0 Å². The van der Waals surface area contributed by atoms with Gasteiger partial charge in [0.25, 0.3) is 0 Å². The van der Waals surface area contributed by atoms with Gasteiger partial charge in [0.15, 0.2) is 0 Å². The summed E-state index contributed by atoms with van der Waals surface area (Å²) in [6.45, 7) is 4.33. The van der Waals surface area contributed by atoms with E-state index in [4.69, 9.17) is 0 Å². The van der Waals surface area contributed by atoms with Crippen molar-refractivity contribution in [2.24, 2.45) is 0 Å². The summed E-state index contributed by atoms with van der Waals surface area (Å²) in [5, 5.41) is 8.14. The van der Waals surface area contributed by atoms with Gasteiger partial charge in [-0.1, -0.05) is 47.5 Å². The third-order valence-corrected chi connectivity index (χ3v) is 8.42. The average Bonchev–Trinajstić information content (AvgIpc) is 3.62. The van der Waals surface area contributed by atoms with Gasteiger partial charge in [0.1, 0.15) is 0 Å². The van der Waals surface area contributed by atoms with Crippen LogP contribution in [0.25, 0.3) is 32.3 Å². The first-order valence-corrected chi connectivity index (χ1v) is 14.2. The molecule has 7 aromatic rings. The standard InChI is InChI=1S/C13H9.C13H10.C11H11.Zr/c1-3-7-12-10(5-1)9-11-6-2-4-8-13(11)12;1-3-7-12(8-4-1)11-13-9-5-2-6-10-13;1-8-6-7-10-4-3-5-11(10)9(8)2;/h1-9H;1-10H;3-7H,1-2H3;/q-1;;-1;+2. The van der Waals surface area contributed by atoms with Crippen molar-refractivity contribution in [3.05, 3.63) is 168 Å². The Morgan fingerprint density at radius 1 is 0.500 bits per heavy atom. The summed E-state index contributed by atoms with van der Waals surface area (Å²) in [6, 6.07) is 51.2. The van der Waals surface area contributed by atoms with Crippen molar-refractivity contribution in [2.75, 3.05) is 0 Å². The second-order valence-corrected chi connectivity index (χ2v) is 10.7. The molecule has 1 heteroatoms. The van der Waals surface area contributed by atoms with Crippen LogP contribution >= 0.6 is 0 Å². The van der Waals surface area contributed by atoms with Crippen molar-refractivity contribution < 1.29 is 24.2 Å². The molecule has 38 heavy (non-hydrogen) atoms. The zero-order valence-corrected chi connectivity index (χ0v) is 24.3. The Morgan fingerprint density at radius 3 is 1.55 bits per heavy atom. The first-order chi connectivity index (χ1) is 18.6.